The Hall–Kier alpha value is -2.09. The Morgan fingerprint density at radius 1 is 1.13 bits per heavy atom. The van der Waals surface area contributed by atoms with E-state index in [9.17, 15) is 4.79 Å². The Morgan fingerprint density at radius 3 is 2.67 bits per heavy atom. The summed E-state index contributed by atoms with van der Waals surface area (Å²) in [4.78, 5) is 22.9. The molecule has 1 saturated heterocycles. The quantitative estimate of drug-likeness (QED) is 0.564. The Labute approximate surface area is 186 Å². The van der Waals surface area contributed by atoms with Crippen molar-refractivity contribution in [3.05, 3.63) is 53.6 Å². The summed E-state index contributed by atoms with van der Waals surface area (Å²) in [5, 5.41) is 4.18. The molecule has 2 aromatic carbocycles. The SMILES string of the molecule is Cc1cc(C)c2sc(N3CCN(CCNC(=O)CSc4ccccc4)CC3)nc2c1. The number of aromatic nitrogens is 1. The first kappa shape index (κ1) is 21.2. The molecule has 0 bridgehead atoms. The lowest BCUT2D eigenvalue weighted by Gasteiger charge is -2.34. The smallest absolute Gasteiger partial charge is 0.230 e. The highest BCUT2D eigenvalue weighted by atomic mass is 32.2. The summed E-state index contributed by atoms with van der Waals surface area (Å²) >= 11 is 3.38. The van der Waals surface area contributed by atoms with Gasteiger partial charge in [-0.1, -0.05) is 35.6 Å². The molecule has 0 aliphatic carbocycles. The number of nitrogens with one attached hydrogen (secondary N) is 1. The van der Waals surface area contributed by atoms with Gasteiger partial charge in [-0.05, 0) is 43.2 Å². The zero-order valence-electron chi connectivity index (χ0n) is 17.6. The fraction of sp³-hybridized carbons (Fsp3) is 0.391. The zero-order valence-corrected chi connectivity index (χ0v) is 19.2. The fourth-order valence-electron chi connectivity index (χ4n) is 3.73. The third-order valence-electron chi connectivity index (χ3n) is 5.31. The third kappa shape index (κ3) is 5.33. The number of piperazine rings is 1. The number of thioether (sulfide) groups is 1. The van der Waals surface area contributed by atoms with Crippen LogP contribution in [0.25, 0.3) is 10.2 Å². The number of benzene rings is 2. The zero-order chi connectivity index (χ0) is 20.9. The van der Waals surface area contributed by atoms with E-state index in [4.69, 9.17) is 4.98 Å². The predicted octanol–water partition coefficient (Wildman–Crippen LogP) is 3.94. The summed E-state index contributed by atoms with van der Waals surface area (Å²) in [6, 6.07) is 14.5. The maximum absolute atomic E-state index is 12.1. The molecule has 0 unspecified atom stereocenters. The molecule has 30 heavy (non-hydrogen) atoms. The molecule has 1 N–H and O–H groups in total. The van der Waals surface area contributed by atoms with Gasteiger partial charge in [-0.2, -0.15) is 0 Å². The van der Waals surface area contributed by atoms with Gasteiger partial charge in [-0.15, -0.1) is 11.8 Å². The van der Waals surface area contributed by atoms with E-state index in [0.717, 1.165) is 48.3 Å². The average molecular weight is 441 g/mol. The van der Waals surface area contributed by atoms with Crippen LogP contribution in [0.5, 0.6) is 0 Å². The molecule has 0 radical (unpaired) electrons. The van der Waals surface area contributed by atoms with Gasteiger partial charge in [0.15, 0.2) is 5.13 Å². The molecular weight excluding hydrogens is 412 g/mol. The molecule has 5 nitrogen and oxygen atoms in total. The Bertz CT molecular complexity index is 997. The molecule has 2 heterocycles. The molecule has 7 heteroatoms. The summed E-state index contributed by atoms with van der Waals surface area (Å²) in [5.41, 5.74) is 3.70. The molecule has 1 aliphatic rings. The standard InChI is InChI=1S/C23H28N4OS2/c1-17-14-18(2)22-20(15-17)25-23(30-22)27-12-10-26(11-13-27)9-8-24-21(28)16-29-19-6-4-3-5-7-19/h3-7,14-15H,8-13,16H2,1-2H3,(H,24,28). The van der Waals surface area contributed by atoms with Crippen LogP contribution in [0.15, 0.2) is 47.4 Å². The molecule has 1 amide bonds. The van der Waals surface area contributed by atoms with Gasteiger partial charge >= 0.3 is 0 Å². The number of rotatable bonds is 7. The van der Waals surface area contributed by atoms with E-state index in [1.165, 1.54) is 15.8 Å². The van der Waals surface area contributed by atoms with Crippen molar-refractivity contribution in [1.29, 1.82) is 0 Å². The van der Waals surface area contributed by atoms with Crippen molar-refractivity contribution in [3.8, 4) is 0 Å². The number of fused-ring (bicyclic) bond motifs is 1. The maximum Gasteiger partial charge on any atom is 0.230 e. The Morgan fingerprint density at radius 2 is 1.90 bits per heavy atom. The number of amides is 1. The van der Waals surface area contributed by atoms with Gasteiger partial charge in [0.25, 0.3) is 0 Å². The van der Waals surface area contributed by atoms with Gasteiger partial charge in [0.2, 0.25) is 5.91 Å². The third-order valence-corrected chi connectivity index (χ3v) is 7.59. The summed E-state index contributed by atoms with van der Waals surface area (Å²) in [7, 11) is 0. The van der Waals surface area contributed by atoms with Crippen LogP contribution in [0.3, 0.4) is 0 Å². The van der Waals surface area contributed by atoms with E-state index in [2.05, 4.69) is 41.1 Å². The monoisotopic (exact) mass is 440 g/mol. The van der Waals surface area contributed by atoms with Gasteiger partial charge in [-0.25, -0.2) is 4.98 Å². The fourth-order valence-corrected chi connectivity index (χ4v) is 5.55. The first-order valence-corrected chi connectivity index (χ1v) is 12.2. The first-order valence-electron chi connectivity index (χ1n) is 10.4. The molecule has 0 atom stereocenters. The lowest BCUT2D eigenvalue weighted by molar-refractivity contribution is -0.118. The Kier molecular flexibility index (Phi) is 6.92. The molecule has 1 aliphatic heterocycles. The maximum atomic E-state index is 12.1. The number of hydrogen-bond acceptors (Lipinski definition) is 6. The molecule has 158 valence electrons. The number of carbonyl (C=O) groups is 1. The Balaban J connectivity index is 1.19. The first-order chi connectivity index (χ1) is 14.6. The highest BCUT2D eigenvalue weighted by molar-refractivity contribution is 8.00. The molecule has 4 rings (SSSR count). The van der Waals surface area contributed by atoms with E-state index >= 15 is 0 Å². The molecule has 1 fully saturated rings. The summed E-state index contributed by atoms with van der Waals surface area (Å²) in [5.74, 6) is 0.566. The molecule has 0 spiro atoms. The van der Waals surface area contributed by atoms with Crippen LogP contribution in [0.1, 0.15) is 11.1 Å². The van der Waals surface area contributed by atoms with Crippen LogP contribution in [0.4, 0.5) is 5.13 Å². The van der Waals surface area contributed by atoms with Crippen molar-refractivity contribution in [2.75, 3.05) is 49.9 Å². The van der Waals surface area contributed by atoms with E-state index in [1.54, 1.807) is 23.1 Å². The second-order valence-corrected chi connectivity index (χ2v) is 9.73. The van der Waals surface area contributed by atoms with Gasteiger partial charge in [0, 0.05) is 44.2 Å². The summed E-state index contributed by atoms with van der Waals surface area (Å²) in [6.07, 6.45) is 0. The lowest BCUT2D eigenvalue weighted by Crippen LogP contribution is -2.48. The van der Waals surface area contributed by atoms with Gasteiger partial charge in [-0.3, -0.25) is 9.69 Å². The molecule has 3 aromatic rings. The number of carbonyl (C=O) groups excluding carboxylic acids is 1. The van der Waals surface area contributed by atoms with Crippen molar-refractivity contribution in [1.82, 2.24) is 15.2 Å². The topological polar surface area (TPSA) is 48.5 Å². The number of aryl methyl sites for hydroxylation is 2. The second kappa shape index (κ2) is 9.81. The van der Waals surface area contributed by atoms with Crippen molar-refractivity contribution >= 4 is 44.4 Å². The van der Waals surface area contributed by atoms with Gasteiger partial charge in [0.05, 0.1) is 16.0 Å². The van der Waals surface area contributed by atoms with Crippen molar-refractivity contribution in [2.24, 2.45) is 0 Å². The molecule has 0 saturated carbocycles. The largest absolute Gasteiger partial charge is 0.354 e. The minimum atomic E-state index is 0.0997. The van der Waals surface area contributed by atoms with Crippen molar-refractivity contribution < 1.29 is 4.79 Å². The van der Waals surface area contributed by atoms with E-state index in [1.807, 2.05) is 30.3 Å². The van der Waals surface area contributed by atoms with Crippen LogP contribution in [-0.2, 0) is 4.79 Å². The predicted molar refractivity (Wildman–Crippen MR) is 128 cm³/mol. The summed E-state index contributed by atoms with van der Waals surface area (Å²) < 4.78 is 1.30. The van der Waals surface area contributed by atoms with Crippen LogP contribution in [0, 0.1) is 13.8 Å². The average Bonchev–Trinajstić information content (AvgIpc) is 3.18. The van der Waals surface area contributed by atoms with Crippen molar-refractivity contribution in [3.63, 3.8) is 0 Å². The van der Waals surface area contributed by atoms with Gasteiger partial charge in [0.1, 0.15) is 0 Å². The lowest BCUT2D eigenvalue weighted by atomic mass is 10.1. The van der Waals surface area contributed by atoms with E-state index < -0.39 is 0 Å². The summed E-state index contributed by atoms with van der Waals surface area (Å²) in [6.45, 7) is 9.86. The number of hydrogen-bond donors (Lipinski definition) is 1. The molecule has 1 aromatic heterocycles. The van der Waals surface area contributed by atoms with Crippen LogP contribution in [0.2, 0.25) is 0 Å². The number of anilines is 1. The normalized spacial score (nSPS) is 14.9. The van der Waals surface area contributed by atoms with E-state index in [0.29, 0.717) is 12.3 Å². The van der Waals surface area contributed by atoms with Crippen LogP contribution in [-0.4, -0.2) is 60.8 Å². The number of thiazole rings is 1. The minimum absolute atomic E-state index is 0.0997. The van der Waals surface area contributed by atoms with Gasteiger partial charge < -0.3 is 10.2 Å². The highest BCUT2D eigenvalue weighted by Crippen LogP contribution is 2.32. The van der Waals surface area contributed by atoms with Crippen molar-refractivity contribution in [2.45, 2.75) is 18.7 Å². The van der Waals surface area contributed by atoms with Crippen LogP contribution >= 0.6 is 23.1 Å². The second-order valence-electron chi connectivity index (χ2n) is 7.71. The highest BCUT2D eigenvalue weighted by Gasteiger charge is 2.20. The van der Waals surface area contributed by atoms with Crippen LogP contribution < -0.4 is 10.2 Å². The van der Waals surface area contributed by atoms with E-state index in [-0.39, 0.29) is 5.91 Å². The minimum Gasteiger partial charge on any atom is -0.354 e. The number of nitrogens with zero attached hydrogens (tertiary/aromatic N) is 3. The molecular formula is C23H28N4OS2.